The fraction of sp³-hybridized carbons (Fsp3) is 0.750. The van der Waals surface area contributed by atoms with Crippen LogP contribution in [0, 0.1) is 5.92 Å². The van der Waals surface area contributed by atoms with Crippen LogP contribution in [0.3, 0.4) is 0 Å². The number of carbonyl (C=O) groups is 3. The van der Waals surface area contributed by atoms with E-state index in [1.54, 1.807) is 27.7 Å². The third-order valence-corrected chi connectivity index (χ3v) is 3.42. The van der Waals surface area contributed by atoms with Gasteiger partial charge >= 0.3 is 12.1 Å². The van der Waals surface area contributed by atoms with Crippen LogP contribution in [0.1, 0.15) is 27.7 Å². The second-order valence-corrected chi connectivity index (χ2v) is 6.19. The fourth-order valence-corrected chi connectivity index (χ4v) is 2.16. The summed E-state index contributed by atoms with van der Waals surface area (Å²) in [5, 5.41) is 4.83. The van der Waals surface area contributed by atoms with Crippen molar-refractivity contribution in [2.24, 2.45) is 5.92 Å². The monoisotopic (exact) mass is 269 g/mol. The van der Waals surface area contributed by atoms with Crippen molar-refractivity contribution in [3.05, 3.63) is 0 Å². The number of imide groups is 1. The predicted octanol–water partition coefficient (Wildman–Crippen LogP) is 0.451. The van der Waals surface area contributed by atoms with E-state index in [4.69, 9.17) is 4.74 Å². The molecule has 0 spiro atoms. The highest BCUT2D eigenvalue weighted by molar-refractivity contribution is 6.07. The molecule has 0 saturated carbocycles. The van der Waals surface area contributed by atoms with Crippen molar-refractivity contribution >= 4 is 18.0 Å². The highest BCUT2D eigenvalue weighted by Gasteiger charge is 2.53. The molecule has 7 heteroatoms. The minimum Gasteiger partial charge on any atom is -0.444 e. The van der Waals surface area contributed by atoms with Gasteiger partial charge in [-0.1, -0.05) is 0 Å². The van der Waals surface area contributed by atoms with E-state index in [1.165, 1.54) is 4.90 Å². The van der Waals surface area contributed by atoms with Crippen molar-refractivity contribution < 1.29 is 19.1 Å². The maximum Gasteiger partial charge on any atom is 0.410 e. The Morgan fingerprint density at radius 2 is 1.95 bits per heavy atom. The molecule has 2 fully saturated rings. The van der Waals surface area contributed by atoms with Gasteiger partial charge in [0.2, 0.25) is 0 Å². The van der Waals surface area contributed by atoms with Gasteiger partial charge in [-0.05, 0) is 27.7 Å². The third-order valence-electron chi connectivity index (χ3n) is 3.42. The molecule has 4 amide bonds. The summed E-state index contributed by atoms with van der Waals surface area (Å²) in [6, 6.07) is -0.483. The topological polar surface area (TPSA) is 87.7 Å². The summed E-state index contributed by atoms with van der Waals surface area (Å²) in [6.07, 6.45) is -0.392. The molecular weight excluding hydrogens is 250 g/mol. The van der Waals surface area contributed by atoms with Gasteiger partial charge < -0.3 is 15.0 Å². The van der Waals surface area contributed by atoms with E-state index in [0.717, 1.165) is 0 Å². The number of ether oxygens (including phenoxy) is 1. The van der Waals surface area contributed by atoms with Gasteiger partial charge in [0.05, 0.1) is 0 Å². The molecule has 1 unspecified atom stereocenters. The average Bonchev–Trinajstić information content (AvgIpc) is 2.34. The van der Waals surface area contributed by atoms with Gasteiger partial charge in [0.15, 0.2) is 0 Å². The average molecular weight is 269 g/mol. The van der Waals surface area contributed by atoms with Crippen LogP contribution in [-0.2, 0) is 9.53 Å². The molecule has 2 aliphatic rings. The van der Waals surface area contributed by atoms with Crippen LogP contribution in [0.2, 0.25) is 0 Å². The molecule has 0 aromatic heterocycles. The summed E-state index contributed by atoms with van der Waals surface area (Å²) >= 11 is 0. The van der Waals surface area contributed by atoms with Gasteiger partial charge in [-0.25, -0.2) is 9.59 Å². The molecule has 2 heterocycles. The molecule has 0 radical (unpaired) electrons. The minimum absolute atomic E-state index is 0.0912. The van der Waals surface area contributed by atoms with Gasteiger partial charge in [-0.3, -0.25) is 10.1 Å². The van der Waals surface area contributed by atoms with Crippen LogP contribution < -0.4 is 10.6 Å². The van der Waals surface area contributed by atoms with Crippen molar-refractivity contribution in [3.8, 4) is 0 Å². The van der Waals surface area contributed by atoms with Gasteiger partial charge in [-0.15, -0.1) is 0 Å². The first kappa shape index (κ1) is 13.6. The number of hydrogen-bond acceptors (Lipinski definition) is 4. The van der Waals surface area contributed by atoms with E-state index in [1.807, 2.05) is 0 Å². The van der Waals surface area contributed by atoms with Crippen LogP contribution in [-0.4, -0.2) is 47.2 Å². The van der Waals surface area contributed by atoms with E-state index in [9.17, 15) is 14.4 Å². The first-order valence-electron chi connectivity index (χ1n) is 6.23. The zero-order valence-corrected chi connectivity index (χ0v) is 11.6. The van der Waals surface area contributed by atoms with Gasteiger partial charge in [-0.2, -0.15) is 0 Å². The lowest BCUT2D eigenvalue weighted by Gasteiger charge is -2.45. The highest BCUT2D eigenvalue weighted by atomic mass is 16.6. The number of carbonyl (C=O) groups excluding carboxylic acids is 3. The van der Waals surface area contributed by atoms with Crippen LogP contribution in [0.25, 0.3) is 0 Å². The smallest absolute Gasteiger partial charge is 0.410 e. The molecule has 2 rings (SSSR count). The van der Waals surface area contributed by atoms with E-state index in [2.05, 4.69) is 10.6 Å². The zero-order valence-electron chi connectivity index (χ0n) is 11.6. The SMILES string of the molecule is CC(C)(C)OC(=O)N1CC(C2(C)NC(=O)NC2=O)C1. The fourth-order valence-electron chi connectivity index (χ4n) is 2.16. The molecule has 106 valence electrons. The Labute approximate surface area is 111 Å². The Morgan fingerprint density at radius 3 is 2.37 bits per heavy atom. The van der Waals surface area contributed by atoms with Crippen molar-refractivity contribution in [1.29, 1.82) is 0 Å². The molecular formula is C12H19N3O4. The van der Waals surface area contributed by atoms with Gasteiger partial charge in [0, 0.05) is 19.0 Å². The second kappa shape index (κ2) is 4.11. The second-order valence-electron chi connectivity index (χ2n) is 6.19. The van der Waals surface area contributed by atoms with Gasteiger partial charge in [0.1, 0.15) is 11.1 Å². The highest BCUT2D eigenvalue weighted by Crippen LogP contribution is 2.30. The van der Waals surface area contributed by atoms with Crippen molar-refractivity contribution in [2.45, 2.75) is 38.8 Å². The zero-order chi connectivity index (χ0) is 14.4. The molecule has 2 aliphatic heterocycles. The number of nitrogens with zero attached hydrogens (tertiary/aromatic N) is 1. The number of rotatable bonds is 1. The van der Waals surface area contributed by atoms with E-state index in [-0.39, 0.29) is 11.8 Å². The molecule has 0 aliphatic carbocycles. The Bertz CT molecular complexity index is 437. The van der Waals surface area contributed by atoms with E-state index in [0.29, 0.717) is 13.1 Å². The summed E-state index contributed by atoms with van der Waals surface area (Å²) < 4.78 is 5.23. The Morgan fingerprint density at radius 1 is 1.37 bits per heavy atom. The number of likely N-dealkylation sites (tertiary alicyclic amines) is 1. The summed E-state index contributed by atoms with van der Waals surface area (Å²) in [4.78, 5) is 36.2. The number of hydrogen-bond donors (Lipinski definition) is 2. The molecule has 1 atom stereocenters. The van der Waals surface area contributed by atoms with Crippen molar-refractivity contribution in [1.82, 2.24) is 15.5 Å². The maximum absolute atomic E-state index is 11.8. The summed E-state index contributed by atoms with van der Waals surface area (Å²) in [6.45, 7) is 7.87. The molecule has 7 nitrogen and oxygen atoms in total. The minimum atomic E-state index is -0.935. The van der Waals surface area contributed by atoms with Crippen LogP contribution in [0.4, 0.5) is 9.59 Å². The first-order chi connectivity index (χ1) is 8.62. The Balaban J connectivity index is 1.91. The molecule has 19 heavy (non-hydrogen) atoms. The molecule has 0 bridgehead atoms. The third kappa shape index (κ3) is 2.50. The lowest BCUT2D eigenvalue weighted by atomic mass is 9.80. The summed E-state index contributed by atoms with van der Waals surface area (Å²) in [5.74, 6) is -0.433. The Hall–Kier alpha value is -1.79. The molecule has 0 aromatic rings. The normalized spacial score (nSPS) is 27.7. The largest absolute Gasteiger partial charge is 0.444 e. The first-order valence-corrected chi connectivity index (χ1v) is 6.23. The number of amides is 4. The summed E-state index contributed by atoms with van der Waals surface area (Å²) in [5.41, 5.74) is -1.47. The van der Waals surface area contributed by atoms with Crippen molar-refractivity contribution in [2.75, 3.05) is 13.1 Å². The summed E-state index contributed by atoms with van der Waals surface area (Å²) in [7, 11) is 0. The van der Waals surface area contributed by atoms with Crippen LogP contribution in [0.15, 0.2) is 0 Å². The van der Waals surface area contributed by atoms with Crippen LogP contribution in [0.5, 0.6) is 0 Å². The van der Waals surface area contributed by atoms with E-state index >= 15 is 0 Å². The quantitative estimate of drug-likeness (QED) is 0.677. The van der Waals surface area contributed by atoms with Crippen molar-refractivity contribution in [3.63, 3.8) is 0 Å². The lowest BCUT2D eigenvalue weighted by Crippen LogP contribution is -2.64. The van der Waals surface area contributed by atoms with Gasteiger partial charge in [0.25, 0.3) is 5.91 Å². The molecule has 0 aromatic carbocycles. The lowest BCUT2D eigenvalue weighted by molar-refractivity contribution is -0.127. The number of nitrogens with one attached hydrogen (secondary N) is 2. The molecule has 2 N–H and O–H groups in total. The van der Waals surface area contributed by atoms with E-state index < -0.39 is 23.3 Å². The standard InChI is InChI=1S/C12H19N3O4/c1-11(2,3)19-10(18)15-5-7(6-15)12(4)8(16)13-9(17)14-12/h7H,5-6H2,1-4H3,(H2,13,14,16,17). The predicted molar refractivity (Wildman–Crippen MR) is 66.4 cm³/mol. The number of urea groups is 1. The Kier molecular flexibility index (Phi) is 2.95. The van der Waals surface area contributed by atoms with Crippen LogP contribution >= 0.6 is 0 Å². The maximum atomic E-state index is 11.8. The molecule has 2 saturated heterocycles.